The molecule has 1 unspecified atom stereocenters. The summed E-state index contributed by atoms with van der Waals surface area (Å²) in [4.78, 5) is 26.1. The summed E-state index contributed by atoms with van der Waals surface area (Å²) in [5.74, 6) is 0. The molecule has 0 fully saturated rings. The molecule has 0 aliphatic carbocycles. The highest BCUT2D eigenvalue weighted by atomic mass is 33.0. The monoisotopic (exact) mass is 192 g/mol. The van der Waals surface area contributed by atoms with E-state index in [-0.39, 0.29) is 9.50 Å². The first-order valence-corrected chi connectivity index (χ1v) is 7.24. The Morgan fingerprint density at radius 2 is 2.12 bits per heavy atom. The molecule has 0 radical (unpaired) electrons. The van der Waals surface area contributed by atoms with Gasteiger partial charge in [0.1, 0.15) is 9.50 Å². The molecule has 1 atom stereocenters. The Hall–Kier alpha value is 0.850. The van der Waals surface area contributed by atoms with Crippen molar-refractivity contribution in [1.29, 1.82) is 0 Å². The van der Waals surface area contributed by atoms with Crippen LogP contribution in [0, 0.1) is 0 Å². The minimum Gasteiger partial charge on any atom is -0.612 e. The van der Waals surface area contributed by atoms with Crippen LogP contribution in [0.5, 0.6) is 0 Å². The summed E-state index contributed by atoms with van der Waals surface area (Å²) in [5, 5.41) is 0. The van der Waals surface area contributed by atoms with Gasteiger partial charge in [-0.3, -0.25) is 9.79 Å². The predicted molar refractivity (Wildman–Crippen MR) is 33.7 cm³/mol. The lowest BCUT2D eigenvalue weighted by Gasteiger charge is -1.91. The lowest BCUT2D eigenvalue weighted by atomic mass is 15.8. The van der Waals surface area contributed by atoms with Crippen molar-refractivity contribution in [1.82, 2.24) is 0 Å². The van der Waals surface area contributed by atoms with Gasteiger partial charge in [0.25, 0.3) is 0 Å². The van der Waals surface area contributed by atoms with Crippen LogP contribution >= 0.6 is 13.9 Å². The van der Waals surface area contributed by atoms with Crippen LogP contribution in [0.2, 0.25) is 0 Å². The van der Waals surface area contributed by atoms with E-state index in [9.17, 15) is 9.46 Å². The second kappa shape index (κ2) is 3.13. The molecule has 4 nitrogen and oxygen atoms in total. The molecule has 0 saturated carbocycles. The van der Waals surface area contributed by atoms with Crippen LogP contribution in [0.3, 0.4) is 0 Å². The van der Waals surface area contributed by atoms with E-state index >= 15 is 0 Å². The van der Waals surface area contributed by atoms with Gasteiger partial charge in [-0.2, -0.15) is 0 Å². The Bertz CT molecular complexity index is 170. The molecule has 0 bridgehead atoms. The van der Waals surface area contributed by atoms with Crippen molar-refractivity contribution in [3.05, 3.63) is 0 Å². The van der Waals surface area contributed by atoms with E-state index < -0.39 is 13.9 Å². The first-order valence-electron chi connectivity index (χ1n) is 1.31. The highest BCUT2D eigenvalue weighted by Crippen LogP contribution is 2.57. The van der Waals surface area contributed by atoms with E-state index in [4.69, 9.17) is 9.79 Å². The third-order valence-electron chi connectivity index (χ3n) is 0.276. The van der Waals surface area contributed by atoms with Gasteiger partial charge in [-0.1, -0.05) is 0 Å². The Labute approximate surface area is 54.3 Å². The Morgan fingerprint density at radius 3 is 2.12 bits per heavy atom. The van der Waals surface area contributed by atoms with E-state index in [1.165, 1.54) is 0 Å². The molecule has 48 valence electrons. The molecular formula is H2O4P2S2. The van der Waals surface area contributed by atoms with Gasteiger partial charge in [-0.25, -0.2) is 4.57 Å². The molecule has 0 amide bonds. The molecule has 0 aliphatic heterocycles. The van der Waals surface area contributed by atoms with Gasteiger partial charge in [-0.15, -0.1) is 0 Å². The quantitative estimate of drug-likeness (QED) is 0.536. The third-order valence-corrected chi connectivity index (χ3v) is 7.35. The molecule has 0 rings (SSSR count). The minimum absolute atomic E-state index is 0.261. The van der Waals surface area contributed by atoms with Gasteiger partial charge >= 0.3 is 7.28 Å². The first kappa shape index (κ1) is 8.85. The van der Waals surface area contributed by atoms with E-state index in [1.54, 1.807) is 0 Å². The Kier molecular flexibility index (Phi) is 3.46. The molecule has 0 aromatic rings. The van der Waals surface area contributed by atoms with Gasteiger partial charge in [0.05, 0.1) is 0 Å². The number of rotatable bonds is 1. The maximum Gasteiger partial charge on any atom is 0.531 e. The van der Waals surface area contributed by atoms with E-state index in [0.29, 0.717) is 0 Å². The molecule has 0 heterocycles. The van der Waals surface area contributed by atoms with E-state index in [1.807, 2.05) is 0 Å². The molecule has 0 aromatic carbocycles. The minimum atomic E-state index is -4.39. The van der Waals surface area contributed by atoms with Gasteiger partial charge < -0.3 is 4.89 Å². The molecule has 0 aromatic heterocycles. The number of hydrogen-bond donors (Lipinski definition) is 2. The van der Waals surface area contributed by atoms with Crippen LogP contribution in [0.1, 0.15) is 0 Å². The fourth-order valence-electron chi connectivity index (χ4n) is 0.0434. The highest BCUT2D eigenvalue weighted by Gasteiger charge is 2.25. The van der Waals surface area contributed by atoms with Crippen molar-refractivity contribution >= 4 is 34.6 Å². The largest absolute Gasteiger partial charge is 0.612 e. The van der Waals surface area contributed by atoms with Gasteiger partial charge in [-0.05, 0) is 0 Å². The Balaban J connectivity index is 4.53. The molecule has 8 heteroatoms. The molecule has 8 heavy (non-hydrogen) atoms. The van der Waals surface area contributed by atoms with Crippen molar-refractivity contribution in [2.24, 2.45) is 0 Å². The average molecular weight is 192 g/mol. The fourth-order valence-corrected chi connectivity index (χ4v) is 3.52. The van der Waals surface area contributed by atoms with Crippen LogP contribution in [0.4, 0.5) is 0 Å². The van der Waals surface area contributed by atoms with Gasteiger partial charge in [0, 0.05) is 11.2 Å². The van der Waals surface area contributed by atoms with Gasteiger partial charge in [0.15, 0.2) is 0 Å². The van der Waals surface area contributed by atoms with Crippen molar-refractivity contribution in [2.45, 2.75) is 0 Å². The summed E-state index contributed by atoms with van der Waals surface area (Å²) >= 11 is 4.06. The topological polar surface area (TPSA) is 80.6 Å². The zero-order valence-electron chi connectivity index (χ0n) is 3.42. The lowest BCUT2D eigenvalue weighted by molar-refractivity contribution is -0.148. The van der Waals surface area contributed by atoms with Crippen molar-refractivity contribution in [3.63, 3.8) is 0 Å². The second-order valence-corrected chi connectivity index (χ2v) is 8.73. The molecule has 0 spiro atoms. The van der Waals surface area contributed by atoms with E-state index in [2.05, 4.69) is 11.2 Å². The summed E-state index contributed by atoms with van der Waals surface area (Å²) in [7, 11) is -4.13. The molecular weight excluding hydrogens is 190 g/mol. The molecule has 0 aliphatic rings. The maximum atomic E-state index is 10.1. The summed E-state index contributed by atoms with van der Waals surface area (Å²) < 4.78 is 9.89. The summed E-state index contributed by atoms with van der Waals surface area (Å²) in [5.41, 5.74) is 0. The first-order chi connectivity index (χ1) is 3.48. The van der Waals surface area contributed by atoms with Crippen LogP contribution in [-0.2, 0) is 25.3 Å². The fraction of sp³-hybridized carbons (Fsp3) is 0. The SMILES string of the molecule is O=P(O)(O)[P+]([O-])=S=S. The van der Waals surface area contributed by atoms with Gasteiger partial charge in [0.2, 0.25) is 6.61 Å². The second-order valence-electron chi connectivity index (χ2n) is 0.826. The maximum absolute atomic E-state index is 10.1. The van der Waals surface area contributed by atoms with Crippen molar-refractivity contribution in [3.8, 4) is 0 Å². The summed E-state index contributed by atoms with van der Waals surface area (Å²) in [6.45, 7) is -2.57. The third kappa shape index (κ3) is 2.99. The number of hydrogen-bond acceptors (Lipinski definition) is 3. The zero-order chi connectivity index (χ0) is 6.78. The normalized spacial score (nSPS) is 13.1. The predicted octanol–water partition coefficient (Wildman–Crippen LogP) is -0.704. The van der Waals surface area contributed by atoms with Crippen LogP contribution in [-0.4, -0.2) is 9.79 Å². The highest BCUT2D eigenvalue weighted by molar-refractivity contribution is 8.52. The standard InChI is InChI=1S/H2O4P2S2/c1-5(8-7)6(2,3)4/h(H2,2,3,4). The summed E-state index contributed by atoms with van der Waals surface area (Å²) in [6.07, 6.45) is 0. The van der Waals surface area contributed by atoms with E-state index in [0.717, 1.165) is 0 Å². The van der Waals surface area contributed by atoms with Crippen LogP contribution in [0.15, 0.2) is 0 Å². The molecule has 2 N–H and O–H groups in total. The lowest BCUT2D eigenvalue weighted by Crippen LogP contribution is -1.85. The van der Waals surface area contributed by atoms with Crippen molar-refractivity contribution < 1.29 is 19.2 Å². The zero-order valence-corrected chi connectivity index (χ0v) is 6.84. The smallest absolute Gasteiger partial charge is 0.531 e. The summed E-state index contributed by atoms with van der Waals surface area (Å²) in [6, 6.07) is 0. The molecule has 0 saturated heterocycles. The average Bonchev–Trinajstić information content (AvgIpc) is 1.62. The Morgan fingerprint density at radius 1 is 1.75 bits per heavy atom. The van der Waals surface area contributed by atoms with Crippen LogP contribution < -0.4 is 4.89 Å². The van der Waals surface area contributed by atoms with Crippen LogP contribution in [0.25, 0.3) is 0 Å². The van der Waals surface area contributed by atoms with Crippen molar-refractivity contribution in [2.75, 3.05) is 0 Å².